The third kappa shape index (κ3) is 4.50. The Morgan fingerprint density at radius 2 is 1.90 bits per heavy atom. The zero-order chi connectivity index (χ0) is 22.2. The molecule has 0 aromatic heterocycles. The van der Waals surface area contributed by atoms with Gasteiger partial charge < -0.3 is 15.0 Å². The first-order valence-corrected chi connectivity index (χ1v) is 10.7. The molecule has 0 aliphatic carbocycles. The van der Waals surface area contributed by atoms with E-state index in [1.165, 1.54) is 11.0 Å². The Balaban J connectivity index is 1.52. The predicted molar refractivity (Wildman–Crippen MR) is 119 cm³/mol. The molecule has 7 heteroatoms. The van der Waals surface area contributed by atoms with Crippen LogP contribution in [0.3, 0.4) is 0 Å². The van der Waals surface area contributed by atoms with Gasteiger partial charge in [-0.05, 0) is 69.9 Å². The first-order chi connectivity index (χ1) is 14.7. The Morgan fingerprint density at radius 1 is 1.13 bits per heavy atom. The third-order valence-corrected chi connectivity index (χ3v) is 5.51. The highest BCUT2D eigenvalue weighted by molar-refractivity contribution is 6.01. The lowest BCUT2D eigenvalue weighted by Gasteiger charge is -2.32. The van der Waals surface area contributed by atoms with Crippen molar-refractivity contribution >= 4 is 29.1 Å². The number of fused-ring (bicyclic) bond motifs is 1. The molecule has 6 nitrogen and oxygen atoms in total. The number of carbonyl (C=O) groups is 2. The average molecular weight is 426 g/mol. The molecule has 0 saturated carbocycles. The number of amides is 2. The van der Waals surface area contributed by atoms with Crippen LogP contribution in [0, 0.1) is 5.82 Å². The third-order valence-electron chi connectivity index (χ3n) is 5.51. The normalized spacial score (nSPS) is 18.7. The van der Waals surface area contributed by atoms with Gasteiger partial charge >= 0.3 is 6.09 Å². The summed E-state index contributed by atoms with van der Waals surface area (Å²) in [5.41, 5.74) is 2.37. The van der Waals surface area contributed by atoms with Gasteiger partial charge in [-0.3, -0.25) is 9.69 Å². The summed E-state index contributed by atoms with van der Waals surface area (Å²) in [6, 6.07) is 11.7. The first kappa shape index (κ1) is 21.2. The lowest BCUT2D eigenvalue weighted by Crippen LogP contribution is -2.40. The van der Waals surface area contributed by atoms with Gasteiger partial charge in [-0.1, -0.05) is 18.2 Å². The van der Waals surface area contributed by atoms with Crippen molar-refractivity contribution in [2.45, 2.75) is 51.7 Å². The van der Waals surface area contributed by atoms with Crippen LogP contribution < -0.4 is 15.1 Å². The molecule has 31 heavy (non-hydrogen) atoms. The van der Waals surface area contributed by atoms with Crippen LogP contribution in [-0.2, 0) is 16.0 Å². The van der Waals surface area contributed by atoms with Crippen molar-refractivity contribution in [2.24, 2.45) is 0 Å². The van der Waals surface area contributed by atoms with E-state index >= 15 is 0 Å². The van der Waals surface area contributed by atoms with Crippen LogP contribution in [0.15, 0.2) is 42.5 Å². The van der Waals surface area contributed by atoms with Crippen LogP contribution in [0.5, 0.6) is 0 Å². The highest BCUT2D eigenvalue weighted by Crippen LogP contribution is 2.33. The summed E-state index contributed by atoms with van der Waals surface area (Å²) in [6.07, 6.45) is 1.96. The van der Waals surface area contributed by atoms with Crippen molar-refractivity contribution in [2.75, 3.05) is 28.2 Å². The molecule has 4 rings (SSSR count). The molecule has 1 saturated heterocycles. The van der Waals surface area contributed by atoms with Gasteiger partial charge in [0.25, 0.3) is 0 Å². The summed E-state index contributed by atoms with van der Waals surface area (Å²) >= 11 is 0. The van der Waals surface area contributed by atoms with Crippen molar-refractivity contribution in [1.29, 1.82) is 0 Å². The first-order valence-electron chi connectivity index (χ1n) is 10.7. The Hall–Kier alpha value is -3.09. The molecule has 1 atom stereocenters. The fraction of sp³-hybridized carbons (Fsp3) is 0.417. The fourth-order valence-electron chi connectivity index (χ4n) is 4.10. The van der Waals surface area contributed by atoms with Gasteiger partial charge in [-0.25, -0.2) is 9.18 Å². The molecular formula is C24H28FN3O3. The van der Waals surface area contributed by atoms with E-state index in [1.54, 1.807) is 23.1 Å². The van der Waals surface area contributed by atoms with Gasteiger partial charge in [0, 0.05) is 18.8 Å². The van der Waals surface area contributed by atoms with Crippen LogP contribution in [0.2, 0.25) is 0 Å². The maximum atomic E-state index is 14.1. The summed E-state index contributed by atoms with van der Waals surface area (Å²) in [6.45, 7) is 6.59. The Morgan fingerprint density at radius 3 is 2.65 bits per heavy atom. The van der Waals surface area contributed by atoms with Gasteiger partial charge in [0.2, 0.25) is 5.91 Å². The van der Waals surface area contributed by atoms with E-state index in [9.17, 15) is 14.0 Å². The van der Waals surface area contributed by atoms with Crippen molar-refractivity contribution in [3.63, 3.8) is 0 Å². The van der Waals surface area contributed by atoms with Gasteiger partial charge in [0.1, 0.15) is 17.5 Å². The van der Waals surface area contributed by atoms with E-state index in [-0.39, 0.29) is 12.0 Å². The Bertz CT molecular complexity index is 1000. The summed E-state index contributed by atoms with van der Waals surface area (Å²) in [4.78, 5) is 28.7. The lowest BCUT2D eigenvalue weighted by atomic mass is 10.0. The van der Waals surface area contributed by atoms with Crippen LogP contribution in [0.25, 0.3) is 0 Å². The second kappa shape index (κ2) is 8.21. The van der Waals surface area contributed by atoms with Crippen LogP contribution >= 0.6 is 0 Å². The zero-order valence-electron chi connectivity index (χ0n) is 18.2. The minimum Gasteiger partial charge on any atom is -0.443 e. The number of benzene rings is 2. The lowest BCUT2D eigenvalue weighted by molar-refractivity contribution is -0.117. The second-order valence-corrected chi connectivity index (χ2v) is 9.01. The molecule has 0 bridgehead atoms. The Labute approximate surface area is 182 Å². The standard InChI is InChI=1S/C24H28FN3O3/c1-24(2,3)31-23(30)28-13-6-7-16-10-11-17(15-21(16)28)26-19-12-14-27(22(19)29)20-9-5-4-8-18(20)25/h4-5,8-11,15,19,26H,6-7,12-14H2,1-3H3. The number of aryl methyl sites for hydroxylation is 1. The summed E-state index contributed by atoms with van der Waals surface area (Å²) in [5, 5.41) is 3.28. The van der Waals surface area contributed by atoms with Crippen LogP contribution in [0.4, 0.5) is 26.2 Å². The molecule has 2 aromatic rings. The van der Waals surface area contributed by atoms with E-state index in [0.717, 1.165) is 29.8 Å². The van der Waals surface area contributed by atoms with Crippen LogP contribution in [-0.4, -0.2) is 36.7 Å². The number of hydrogen-bond donors (Lipinski definition) is 1. The maximum absolute atomic E-state index is 14.1. The molecule has 2 amide bonds. The smallest absolute Gasteiger partial charge is 0.414 e. The fourth-order valence-corrected chi connectivity index (χ4v) is 4.10. The van der Waals surface area contributed by atoms with Crippen LogP contribution in [0.1, 0.15) is 39.2 Å². The molecule has 2 heterocycles. The van der Waals surface area contributed by atoms with Gasteiger partial charge in [-0.2, -0.15) is 0 Å². The number of para-hydroxylation sites is 1. The van der Waals surface area contributed by atoms with E-state index < -0.39 is 17.5 Å². The number of anilines is 3. The summed E-state index contributed by atoms with van der Waals surface area (Å²) in [5.74, 6) is -0.565. The molecule has 1 unspecified atom stereocenters. The van der Waals surface area contributed by atoms with Crippen molar-refractivity contribution in [3.05, 3.63) is 53.8 Å². The summed E-state index contributed by atoms with van der Waals surface area (Å²) in [7, 11) is 0. The average Bonchev–Trinajstić information content (AvgIpc) is 3.06. The van der Waals surface area contributed by atoms with E-state index in [0.29, 0.717) is 25.2 Å². The zero-order valence-corrected chi connectivity index (χ0v) is 18.2. The quantitative estimate of drug-likeness (QED) is 0.772. The highest BCUT2D eigenvalue weighted by Gasteiger charge is 2.34. The molecule has 2 aliphatic heterocycles. The number of nitrogens with zero attached hydrogens (tertiary/aromatic N) is 2. The minimum atomic E-state index is -0.572. The SMILES string of the molecule is CC(C)(C)OC(=O)N1CCCc2ccc(NC3CCN(c4ccccc4F)C3=O)cc21. The molecule has 2 aliphatic rings. The van der Waals surface area contributed by atoms with Gasteiger partial charge in [0.15, 0.2) is 0 Å². The largest absolute Gasteiger partial charge is 0.443 e. The minimum absolute atomic E-state index is 0.160. The number of nitrogens with one attached hydrogen (secondary N) is 1. The number of ether oxygens (including phenoxy) is 1. The highest BCUT2D eigenvalue weighted by atomic mass is 19.1. The van der Waals surface area contributed by atoms with Gasteiger partial charge in [0.05, 0.1) is 11.4 Å². The molecule has 164 valence electrons. The molecule has 0 spiro atoms. The molecular weight excluding hydrogens is 397 g/mol. The van der Waals surface area contributed by atoms with E-state index in [4.69, 9.17) is 4.74 Å². The molecule has 1 fully saturated rings. The molecule has 0 radical (unpaired) electrons. The van der Waals surface area contributed by atoms with E-state index in [1.807, 2.05) is 39.0 Å². The maximum Gasteiger partial charge on any atom is 0.414 e. The molecule has 2 aromatic carbocycles. The van der Waals surface area contributed by atoms with Crippen molar-refractivity contribution in [3.8, 4) is 0 Å². The topological polar surface area (TPSA) is 61.9 Å². The van der Waals surface area contributed by atoms with E-state index in [2.05, 4.69) is 5.32 Å². The monoisotopic (exact) mass is 425 g/mol. The number of halogens is 1. The Kier molecular flexibility index (Phi) is 5.60. The summed E-state index contributed by atoms with van der Waals surface area (Å²) < 4.78 is 19.7. The second-order valence-electron chi connectivity index (χ2n) is 9.01. The molecule has 1 N–H and O–H groups in total. The number of carbonyl (C=O) groups excluding carboxylic acids is 2. The van der Waals surface area contributed by atoms with Crippen molar-refractivity contribution in [1.82, 2.24) is 0 Å². The number of hydrogen-bond acceptors (Lipinski definition) is 4. The van der Waals surface area contributed by atoms with Gasteiger partial charge in [-0.15, -0.1) is 0 Å². The number of rotatable bonds is 3. The van der Waals surface area contributed by atoms with Crippen molar-refractivity contribution < 1.29 is 18.7 Å². The predicted octanol–water partition coefficient (Wildman–Crippen LogP) is 4.73.